The molecule has 10 nitrogen and oxygen atoms in total. The molecule has 184 valence electrons. The van der Waals surface area contributed by atoms with E-state index in [0.29, 0.717) is 34.4 Å². The molecule has 2 N–H and O–H groups in total. The number of nitrogens with zero attached hydrogens (tertiary/aromatic N) is 5. The summed E-state index contributed by atoms with van der Waals surface area (Å²) in [6.45, 7) is 5.04. The van der Waals surface area contributed by atoms with Crippen LogP contribution in [0.4, 0.5) is 10.3 Å². The number of carboxylic acids is 1. The van der Waals surface area contributed by atoms with Crippen molar-refractivity contribution in [1.29, 1.82) is 0 Å². The topological polar surface area (TPSA) is 117 Å². The molecular weight excluding hydrogens is 455 g/mol. The fraction of sp³-hybridized carbons (Fsp3) is 0.417. The van der Waals surface area contributed by atoms with Crippen LogP contribution in [0.1, 0.15) is 19.0 Å². The standard InChI is InChI=1S/C24H27FN6O4/c1-24(22(32)33)13-34-21(35-14-24)20-28-18(15-3-5-16(25)6-4-15)19(29-20)17-7-8-26-23(27-17)31-11-9-30(2)10-12-31/h3-8,21H,9-14H2,1-2H3,(H,28,29)(H,32,33). The van der Waals surface area contributed by atoms with Gasteiger partial charge in [0.2, 0.25) is 12.2 Å². The van der Waals surface area contributed by atoms with Crippen LogP contribution in [0, 0.1) is 11.2 Å². The zero-order valence-corrected chi connectivity index (χ0v) is 19.6. The van der Waals surface area contributed by atoms with Gasteiger partial charge in [-0.2, -0.15) is 0 Å². The number of ether oxygens (including phenoxy) is 2. The molecule has 2 aliphatic rings. The minimum Gasteiger partial charge on any atom is -0.481 e. The molecule has 0 amide bonds. The second-order valence-electron chi connectivity index (χ2n) is 9.20. The van der Waals surface area contributed by atoms with Gasteiger partial charge < -0.3 is 29.4 Å². The molecule has 11 heteroatoms. The van der Waals surface area contributed by atoms with Crippen molar-refractivity contribution < 1.29 is 23.8 Å². The maximum atomic E-state index is 13.6. The van der Waals surface area contributed by atoms with Crippen molar-refractivity contribution >= 4 is 11.9 Å². The van der Waals surface area contributed by atoms with Crippen molar-refractivity contribution in [2.45, 2.75) is 13.2 Å². The van der Waals surface area contributed by atoms with Crippen LogP contribution in [0.15, 0.2) is 36.5 Å². The van der Waals surface area contributed by atoms with Crippen LogP contribution in [0.2, 0.25) is 0 Å². The first-order valence-corrected chi connectivity index (χ1v) is 11.4. The summed E-state index contributed by atoms with van der Waals surface area (Å²) in [5.41, 5.74) is 1.36. The van der Waals surface area contributed by atoms with Crippen LogP contribution in [-0.2, 0) is 14.3 Å². The van der Waals surface area contributed by atoms with Gasteiger partial charge in [0, 0.05) is 37.9 Å². The van der Waals surface area contributed by atoms with Gasteiger partial charge in [-0.25, -0.2) is 19.3 Å². The number of aliphatic carboxylic acids is 1. The minimum atomic E-state index is -1.13. The second kappa shape index (κ2) is 9.33. The lowest BCUT2D eigenvalue weighted by Crippen LogP contribution is -2.45. The van der Waals surface area contributed by atoms with E-state index < -0.39 is 17.7 Å². The molecule has 2 saturated heterocycles. The summed E-state index contributed by atoms with van der Waals surface area (Å²) in [7, 11) is 2.09. The second-order valence-corrected chi connectivity index (χ2v) is 9.20. The Bertz CT molecular complexity index is 1200. The van der Waals surface area contributed by atoms with Gasteiger partial charge in [0.25, 0.3) is 0 Å². The van der Waals surface area contributed by atoms with Gasteiger partial charge in [-0.05, 0) is 44.3 Å². The quantitative estimate of drug-likeness (QED) is 0.566. The first kappa shape index (κ1) is 23.3. The van der Waals surface area contributed by atoms with Crippen molar-refractivity contribution in [2.75, 3.05) is 51.3 Å². The molecule has 0 radical (unpaired) electrons. The van der Waals surface area contributed by atoms with E-state index in [-0.39, 0.29) is 19.0 Å². The molecule has 0 spiro atoms. The Kier molecular flexibility index (Phi) is 6.22. The van der Waals surface area contributed by atoms with Gasteiger partial charge in [0.15, 0.2) is 5.82 Å². The number of hydrogen-bond donors (Lipinski definition) is 2. The average molecular weight is 483 g/mol. The van der Waals surface area contributed by atoms with E-state index in [9.17, 15) is 14.3 Å². The molecule has 4 heterocycles. The molecule has 0 saturated carbocycles. The number of imidazole rings is 1. The summed E-state index contributed by atoms with van der Waals surface area (Å²) in [4.78, 5) is 33.1. The van der Waals surface area contributed by atoms with E-state index in [1.54, 1.807) is 31.3 Å². The molecule has 0 bridgehead atoms. The van der Waals surface area contributed by atoms with E-state index in [4.69, 9.17) is 19.4 Å². The molecule has 1 aromatic carbocycles. The summed E-state index contributed by atoms with van der Waals surface area (Å²) in [6, 6.07) is 7.81. The van der Waals surface area contributed by atoms with E-state index in [2.05, 4.69) is 26.8 Å². The number of rotatable bonds is 5. The van der Waals surface area contributed by atoms with Crippen molar-refractivity contribution in [2.24, 2.45) is 5.41 Å². The number of hydrogen-bond acceptors (Lipinski definition) is 8. The number of aromatic nitrogens is 4. The van der Waals surface area contributed by atoms with Crippen LogP contribution in [0.5, 0.6) is 0 Å². The Morgan fingerprint density at radius 2 is 1.80 bits per heavy atom. The summed E-state index contributed by atoms with van der Waals surface area (Å²) in [5, 5.41) is 9.44. The first-order chi connectivity index (χ1) is 16.8. The third kappa shape index (κ3) is 4.75. The highest BCUT2D eigenvalue weighted by Gasteiger charge is 2.41. The molecule has 5 rings (SSSR count). The predicted molar refractivity (Wildman–Crippen MR) is 125 cm³/mol. The van der Waals surface area contributed by atoms with Crippen LogP contribution in [-0.4, -0.2) is 82.4 Å². The maximum Gasteiger partial charge on any atom is 0.314 e. The van der Waals surface area contributed by atoms with Crippen LogP contribution in [0.3, 0.4) is 0 Å². The fourth-order valence-corrected chi connectivity index (χ4v) is 4.04. The van der Waals surface area contributed by atoms with E-state index in [1.807, 2.05) is 0 Å². The zero-order chi connectivity index (χ0) is 24.6. The maximum absolute atomic E-state index is 13.6. The summed E-state index contributed by atoms with van der Waals surface area (Å²) < 4.78 is 25.1. The predicted octanol–water partition coefficient (Wildman–Crippen LogP) is 2.56. The Morgan fingerprint density at radius 1 is 1.11 bits per heavy atom. The molecule has 0 aliphatic carbocycles. The number of likely N-dealkylation sites (N-methyl/N-ethyl adjacent to an activating group) is 1. The molecule has 2 aromatic heterocycles. The molecule has 2 aliphatic heterocycles. The lowest BCUT2D eigenvalue weighted by atomic mass is 9.92. The lowest BCUT2D eigenvalue weighted by Gasteiger charge is -2.33. The summed E-state index contributed by atoms with van der Waals surface area (Å²) in [5.74, 6) is -0.330. The SMILES string of the molecule is CN1CCN(c2nccc(-c3[nH]c(C4OCC(C)(C(=O)O)CO4)nc3-c3ccc(F)cc3)n2)CC1. The van der Waals surface area contributed by atoms with Crippen LogP contribution >= 0.6 is 0 Å². The number of carbonyl (C=O) groups is 1. The molecule has 35 heavy (non-hydrogen) atoms. The normalized spacial score (nSPS) is 23.4. The Morgan fingerprint density at radius 3 is 2.46 bits per heavy atom. The van der Waals surface area contributed by atoms with Gasteiger partial charge in [0.05, 0.1) is 30.3 Å². The number of benzene rings is 1. The first-order valence-electron chi connectivity index (χ1n) is 11.4. The highest BCUT2D eigenvalue weighted by molar-refractivity contribution is 5.77. The minimum absolute atomic E-state index is 0.0179. The molecule has 0 unspecified atom stereocenters. The number of piperazine rings is 1. The van der Waals surface area contributed by atoms with Crippen molar-refractivity contribution in [3.63, 3.8) is 0 Å². The Hall–Kier alpha value is -3.41. The van der Waals surface area contributed by atoms with Gasteiger partial charge in [-0.1, -0.05) is 0 Å². The van der Waals surface area contributed by atoms with Crippen molar-refractivity contribution in [3.8, 4) is 22.6 Å². The third-order valence-electron chi connectivity index (χ3n) is 6.37. The zero-order valence-electron chi connectivity index (χ0n) is 19.6. The number of H-pyrrole nitrogens is 1. The summed E-state index contributed by atoms with van der Waals surface area (Å²) in [6.07, 6.45) is 0.839. The van der Waals surface area contributed by atoms with Crippen molar-refractivity contribution in [3.05, 3.63) is 48.2 Å². The van der Waals surface area contributed by atoms with E-state index in [1.165, 1.54) is 12.1 Å². The number of carboxylic acid groups (broad SMARTS) is 1. The number of halogens is 1. The highest BCUT2D eigenvalue weighted by atomic mass is 19.1. The van der Waals surface area contributed by atoms with Crippen LogP contribution < -0.4 is 4.90 Å². The molecule has 0 atom stereocenters. The smallest absolute Gasteiger partial charge is 0.314 e. The molecule has 3 aromatic rings. The highest BCUT2D eigenvalue weighted by Crippen LogP contribution is 2.35. The lowest BCUT2D eigenvalue weighted by molar-refractivity contribution is -0.236. The molecule has 2 fully saturated rings. The van der Waals surface area contributed by atoms with Crippen LogP contribution in [0.25, 0.3) is 22.6 Å². The van der Waals surface area contributed by atoms with Gasteiger partial charge >= 0.3 is 5.97 Å². The van der Waals surface area contributed by atoms with Gasteiger partial charge in [0.1, 0.15) is 11.2 Å². The van der Waals surface area contributed by atoms with Crippen molar-refractivity contribution in [1.82, 2.24) is 24.8 Å². The van der Waals surface area contributed by atoms with Gasteiger partial charge in [-0.15, -0.1) is 0 Å². The average Bonchev–Trinajstić information content (AvgIpc) is 3.31. The summed E-state index contributed by atoms with van der Waals surface area (Å²) >= 11 is 0. The Balaban J connectivity index is 1.49. The Labute approximate surface area is 201 Å². The fourth-order valence-electron chi connectivity index (χ4n) is 4.04. The third-order valence-corrected chi connectivity index (χ3v) is 6.37. The number of nitrogens with one attached hydrogen (secondary N) is 1. The molecular formula is C24H27FN6O4. The van der Waals surface area contributed by atoms with E-state index in [0.717, 1.165) is 26.2 Å². The number of aromatic amines is 1. The van der Waals surface area contributed by atoms with E-state index >= 15 is 0 Å². The monoisotopic (exact) mass is 482 g/mol. The van der Waals surface area contributed by atoms with Gasteiger partial charge in [-0.3, -0.25) is 4.79 Å². The number of anilines is 1. The largest absolute Gasteiger partial charge is 0.481 e.